The number of hydrogen-bond donors (Lipinski definition) is 0. The Bertz CT molecular complexity index is 498. The lowest BCUT2D eigenvalue weighted by Crippen LogP contribution is -2.30. The fraction of sp³-hybridized carbons (Fsp3) is 0.385. The van der Waals surface area contributed by atoms with Crippen molar-refractivity contribution in [2.24, 2.45) is 11.8 Å². The number of likely N-dealkylation sites (tertiary alicyclic amines) is 1. The zero-order chi connectivity index (χ0) is 13.4. The zero-order valence-electron chi connectivity index (χ0n) is 10.1. The molecule has 0 N–H and O–H groups in total. The largest absolute Gasteiger partial charge is 0.278 e. The van der Waals surface area contributed by atoms with Crippen molar-refractivity contribution >= 4 is 27.7 Å². The van der Waals surface area contributed by atoms with Gasteiger partial charge in [0.1, 0.15) is 5.82 Å². The van der Waals surface area contributed by atoms with Crippen molar-refractivity contribution in [2.75, 3.05) is 0 Å². The zero-order valence-corrected chi connectivity index (χ0v) is 11.7. The van der Waals surface area contributed by atoms with Gasteiger partial charge in [0, 0.05) is 16.3 Å². The lowest BCUT2D eigenvalue weighted by molar-refractivity contribution is -0.140. The molecule has 1 aromatic carbocycles. The molecule has 0 aliphatic carbocycles. The summed E-state index contributed by atoms with van der Waals surface area (Å²) in [6.45, 7) is 3.70. The van der Waals surface area contributed by atoms with Gasteiger partial charge in [0.15, 0.2) is 0 Å². The Balaban J connectivity index is 2.24. The van der Waals surface area contributed by atoms with Crippen LogP contribution in [0.3, 0.4) is 0 Å². The molecule has 2 atom stereocenters. The number of amides is 2. The number of halogens is 2. The lowest BCUT2D eigenvalue weighted by Gasteiger charge is -2.15. The average molecular weight is 314 g/mol. The van der Waals surface area contributed by atoms with Crippen LogP contribution in [0.2, 0.25) is 0 Å². The Morgan fingerprint density at radius 1 is 1.22 bits per heavy atom. The molecule has 1 saturated heterocycles. The molecule has 2 amide bonds. The summed E-state index contributed by atoms with van der Waals surface area (Å²) in [4.78, 5) is 25.1. The first-order valence-corrected chi connectivity index (χ1v) is 6.50. The van der Waals surface area contributed by atoms with Gasteiger partial charge in [-0.05, 0) is 17.7 Å². The van der Waals surface area contributed by atoms with E-state index < -0.39 is 0 Å². The van der Waals surface area contributed by atoms with Crippen LogP contribution in [-0.2, 0) is 16.1 Å². The normalized spacial score (nSPS) is 23.9. The number of hydrogen-bond acceptors (Lipinski definition) is 2. The summed E-state index contributed by atoms with van der Waals surface area (Å²) in [6.07, 6.45) is 0. The van der Waals surface area contributed by atoms with E-state index in [2.05, 4.69) is 15.9 Å². The van der Waals surface area contributed by atoms with Crippen molar-refractivity contribution < 1.29 is 14.0 Å². The highest BCUT2D eigenvalue weighted by Crippen LogP contribution is 2.28. The Hall–Kier alpha value is -1.23. The quantitative estimate of drug-likeness (QED) is 0.787. The van der Waals surface area contributed by atoms with Crippen LogP contribution in [0.25, 0.3) is 0 Å². The monoisotopic (exact) mass is 313 g/mol. The Morgan fingerprint density at radius 3 is 2.28 bits per heavy atom. The lowest BCUT2D eigenvalue weighted by atomic mass is 10.00. The van der Waals surface area contributed by atoms with Gasteiger partial charge in [0.2, 0.25) is 11.8 Å². The third-order valence-electron chi connectivity index (χ3n) is 3.40. The molecule has 3 nitrogen and oxygen atoms in total. The summed E-state index contributed by atoms with van der Waals surface area (Å²) in [5.41, 5.74) is 0.722. The molecule has 0 aromatic heterocycles. The summed E-state index contributed by atoms with van der Waals surface area (Å²) in [6, 6.07) is 4.22. The minimum atomic E-state index is -0.355. The molecular formula is C13H13BrFNO2. The van der Waals surface area contributed by atoms with Crippen LogP contribution < -0.4 is 0 Å². The molecule has 18 heavy (non-hydrogen) atoms. The Morgan fingerprint density at radius 2 is 1.78 bits per heavy atom. The van der Waals surface area contributed by atoms with Gasteiger partial charge in [-0.1, -0.05) is 35.8 Å². The summed E-state index contributed by atoms with van der Waals surface area (Å²) >= 11 is 3.24. The predicted octanol–water partition coefficient (Wildman–Crippen LogP) is 2.73. The molecule has 2 unspecified atom stereocenters. The van der Waals surface area contributed by atoms with Crippen LogP contribution >= 0.6 is 15.9 Å². The van der Waals surface area contributed by atoms with Gasteiger partial charge >= 0.3 is 0 Å². The van der Waals surface area contributed by atoms with Gasteiger partial charge in [-0.2, -0.15) is 0 Å². The van der Waals surface area contributed by atoms with Crippen molar-refractivity contribution in [3.05, 3.63) is 34.1 Å². The van der Waals surface area contributed by atoms with Crippen LogP contribution in [0.4, 0.5) is 4.39 Å². The number of rotatable bonds is 2. The summed E-state index contributed by atoms with van der Waals surface area (Å²) in [5, 5.41) is 0. The average Bonchev–Trinajstić information content (AvgIpc) is 2.50. The molecule has 1 heterocycles. The van der Waals surface area contributed by atoms with Crippen molar-refractivity contribution in [1.82, 2.24) is 4.90 Å². The van der Waals surface area contributed by atoms with Gasteiger partial charge < -0.3 is 0 Å². The van der Waals surface area contributed by atoms with E-state index in [1.54, 1.807) is 19.9 Å². The summed E-state index contributed by atoms with van der Waals surface area (Å²) < 4.78 is 13.5. The molecule has 0 spiro atoms. The van der Waals surface area contributed by atoms with E-state index in [4.69, 9.17) is 0 Å². The van der Waals surface area contributed by atoms with E-state index in [1.807, 2.05) is 0 Å². The SMILES string of the molecule is CC1C(=O)N(Cc2ccc(F)cc2Br)C(=O)C1C. The smallest absolute Gasteiger partial charge is 0.233 e. The molecule has 1 fully saturated rings. The van der Waals surface area contributed by atoms with Crippen molar-refractivity contribution in [3.63, 3.8) is 0 Å². The van der Waals surface area contributed by atoms with Crippen molar-refractivity contribution in [2.45, 2.75) is 20.4 Å². The van der Waals surface area contributed by atoms with Crippen molar-refractivity contribution in [3.8, 4) is 0 Å². The van der Waals surface area contributed by atoms with Crippen LogP contribution in [-0.4, -0.2) is 16.7 Å². The molecule has 1 aromatic rings. The van der Waals surface area contributed by atoms with E-state index in [0.29, 0.717) is 4.47 Å². The van der Waals surface area contributed by atoms with Crippen LogP contribution in [0.5, 0.6) is 0 Å². The van der Waals surface area contributed by atoms with E-state index >= 15 is 0 Å². The fourth-order valence-corrected chi connectivity index (χ4v) is 2.48. The first-order chi connectivity index (χ1) is 8.41. The second-order valence-corrected chi connectivity index (χ2v) is 5.43. The molecule has 1 aliphatic heterocycles. The third kappa shape index (κ3) is 2.19. The van der Waals surface area contributed by atoms with Gasteiger partial charge in [-0.25, -0.2) is 4.39 Å². The number of carbonyl (C=O) groups is 2. The topological polar surface area (TPSA) is 37.4 Å². The maximum Gasteiger partial charge on any atom is 0.233 e. The van der Waals surface area contributed by atoms with Crippen LogP contribution in [0, 0.1) is 17.7 Å². The number of carbonyl (C=O) groups excluding carboxylic acids is 2. The highest BCUT2D eigenvalue weighted by molar-refractivity contribution is 9.10. The Labute approximate surface area is 113 Å². The molecule has 1 aliphatic rings. The summed E-state index contributed by atoms with van der Waals surface area (Å²) in [5.74, 6) is -1.24. The van der Waals surface area contributed by atoms with E-state index in [0.717, 1.165) is 5.56 Å². The van der Waals surface area contributed by atoms with E-state index in [9.17, 15) is 14.0 Å². The van der Waals surface area contributed by atoms with Gasteiger partial charge in [0.05, 0.1) is 6.54 Å². The number of nitrogens with zero attached hydrogens (tertiary/aromatic N) is 1. The molecule has 2 rings (SSSR count). The fourth-order valence-electron chi connectivity index (χ4n) is 2.00. The minimum absolute atomic E-state index is 0.163. The standard InChI is InChI=1S/C13H13BrFNO2/c1-7-8(2)13(18)16(12(7)17)6-9-3-4-10(15)5-11(9)14/h3-5,7-8H,6H2,1-2H3. The second kappa shape index (κ2) is 4.80. The highest BCUT2D eigenvalue weighted by atomic mass is 79.9. The van der Waals surface area contributed by atoms with Gasteiger partial charge in [-0.3, -0.25) is 14.5 Å². The maximum atomic E-state index is 13.0. The number of benzene rings is 1. The highest BCUT2D eigenvalue weighted by Gasteiger charge is 2.42. The molecule has 0 bridgehead atoms. The van der Waals surface area contributed by atoms with Gasteiger partial charge in [0.25, 0.3) is 0 Å². The number of imide groups is 1. The van der Waals surface area contributed by atoms with Crippen LogP contribution in [0.1, 0.15) is 19.4 Å². The van der Waals surface area contributed by atoms with E-state index in [1.165, 1.54) is 17.0 Å². The Kier molecular flexibility index (Phi) is 3.52. The maximum absolute atomic E-state index is 13.0. The van der Waals surface area contributed by atoms with Gasteiger partial charge in [-0.15, -0.1) is 0 Å². The predicted molar refractivity (Wildman–Crippen MR) is 68.0 cm³/mol. The van der Waals surface area contributed by atoms with Crippen LogP contribution in [0.15, 0.2) is 22.7 Å². The molecular weight excluding hydrogens is 301 g/mol. The minimum Gasteiger partial charge on any atom is -0.278 e. The molecule has 5 heteroatoms. The van der Waals surface area contributed by atoms with Crippen molar-refractivity contribution in [1.29, 1.82) is 0 Å². The first-order valence-electron chi connectivity index (χ1n) is 5.71. The molecule has 0 radical (unpaired) electrons. The summed E-state index contributed by atoms with van der Waals surface area (Å²) in [7, 11) is 0. The third-order valence-corrected chi connectivity index (χ3v) is 4.14. The molecule has 0 saturated carbocycles. The molecule has 96 valence electrons. The second-order valence-electron chi connectivity index (χ2n) is 4.58. The van der Waals surface area contributed by atoms with E-state index in [-0.39, 0.29) is 36.0 Å². The first kappa shape index (κ1) is 13.2.